The molecule has 1 aromatic rings. The van der Waals surface area contributed by atoms with Crippen LogP contribution in [0.1, 0.15) is 32.6 Å². The Bertz CT molecular complexity index is 394. The molecule has 1 amide bonds. The molecule has 4 N–H and O–H groups in total. The number of aromatic hydroxyl groups is 1. The van der Waals surface area contributed by atoms with Crippen LogP contribution < -0.4 is 11.1 Å². The van der Waals surface area contributed by atoms with Crippen LogP contribution in [-0.4, -0.2) is 17.8 Å². The zero-order valence-electron chi connectivity index (χ0n) is 10.6. The molecule has 1 rings (SSSR count). The second-order valence-electron chi connectivity index (χ2n) is 4.06. The minimum absolute atomic E-state index is 0.138. The first kappa shape index (κ1) is 14.2. The number of nitrogens with one attached hydrogen (secondary N) is 1. The lowest BCUT2D eigenvalue weighted by molar-refractivity contribution is 0.159. The summed E-state index contributed by atoms with van der Waals surface area (Å²) in [5, 5.41) is 12.0. The summed E-state index contributed by atoms with van der Waals surface area (Å²) >= 11 is 0. The molecule has 0 atom stereocenters. The van der Waals surface area contributed by atoms with Gasteiger partial charge in [0.25, 0.3) is 0 Å². The van der Waals surface area contributed by atoms with E-state index in [1.165, 1.54) is 0 Å². The van der Waals surface area contributed by atoms with Crippen LogP contribution in [-0.2, 0) is 4.74 Å². The number of rotatable bonds is 6. The number of para-hydroxylation sites is 1. The fourth-order valence-corrected chi connectivity index (χ4v) is 1.50. The highest BCUT2D eigenvalue weighted by Gasteiger charge is 2.08. The molecule has 0 aliphatic heterocycles. The minimum Gasteiger partial charge on any atom is -0.504 e. The predicted octanol–water partition coefficient (Wildman–Crippen LogP) is 3.10. The van der Waals surface area contributed by atoms with Gasteiger partial charge in [0.1, 0.15) is 0 Å². The molecule has 0 radical (unpaired) electrons. The van der Waals surface area contributed by atoms with Gasteiger partial charge in [0.15, 0.2) is 5.75 Å². The average molecular weight is 252 g/mol. The van der Waals surface area contributed by atoms with Crippen LogP contribution in [0.5, 0.6) is 5.75 Å². The number of phenols is 1. The maximum Gasteiger partial charge on any atom is 0.411 e. The molecule has 1 aromatic carbocycles. The molecule has 100 valence electrons. The summed E-state index contributed by atoms with van der Waals surface area (Å²) in [5.74, 6) is -0.138. The number of amides is 1. The van der Waals surface area contributed by atoms with Crippen LogP contribution in [0, 0.1) is 0 Å². The summed E-state index contributed by atoms with van der Waals surface area (Å²) in [5.41, 5.74) is 5.99. The molecule has 5 nitrogen and oxygen atoms in total. The van der Waals surface area contributed by atoms with Crippen LogP contribution in [0.3, 0.4) is 0 Å². The Hall–Kier alpha value is -1.91. The number of carbonyl (C=O) groups excluding carboxylic acids is 1. The van der Waals surface area contributed by atoms with E-state index in [0.29, 0.717) is 6.61 Å². The number of ether oxygens (including phenoxy) is 1. The Kier molecular flexibility index (Phi) is 5.84. The number of nitrogens with two attached hydrogens (primary N) is 1. The number of carbonyl (C=O) groups is 1. The molecule has 0 aromatic heterocycles. The minimum atomic E-state index is -0.576. The lowest BCUT2D eigenvalue weighted by Gasteiger charge is -2.09. The second kappa shape index (κ2) is 7.42. The summed E-state index contributed by atoms with van der Waals surface area (Å²) < 4.78 is 4.99. The predicted molar refractivity (Wildman–Crippen MR) is 71.6 cm³/mol. The molecule has 0 aliphatic rings. The number of unbranched alkanes of at least 4 members (excludes halogenated alkanes) is 3. The molecular weight excluding hydrogens is 232 g/mol. The van der Waals surface area contributed by atoms with Crippen molar-refractivity contribution in [2.45, 2.75) is 32.6 Å². The third-order valence-electron chi connectivity index (χ3n) is 2.54. The first-order valence-corrected chi connectivity index (χ1v) is 6.16. The molecule has 0 spiro atoms. The van der Waals surface area contributed by atoms with Crippen molar-refractivity contribution >= 4 is 17.5 Å². The molecular formula is C13H20N2O3. The third-order valence-corrected chi connectivity index (χ3v) is 2.54. The van der Waals surface area contributed by atoms with Gasteiger partial charge in [0.2, 0.25) is 0 Å². The molecule has 0 bridgehead atoms. The van der Waals surface area contributed by atoms with Crippen LogP contribution in [0.15, 0.2) is 18.2 Å². The van der Waals surface area contributed by atoms with E-state index >= 15 is 0 Å². The van der Waals surface area contributed by atoms with Gasteiger partial charge >= 0.3 is 6.09 Å². The summed E-state index contributed by atoms with van der Waals surface area (Å²) in [4.78, 5) is 11.4. The molecule has 18 heavy (non-hydrogen) atoms. The van der Waals surface area contributed by atoms with E-state index in [9.17, 15) is 9.90 Å². The van der Waals surface area contributed by atoms with Crippen molar-refractivity contribution in [3.8, 4) is 5.75 Å². The maximum atomic E-state index is 11.4. The van der Waals surface area contributed by atoms with Gasteiger partial charge in [-0.2, -0.15) is 0 Å². The number of nitrogen functional groups attached to an aromatic ring is 1. The van der Waals surface area contributed by atoms with E-state index < -0.39 is 6.09 Å². The Morgan fingerprint density at radius 3 is 2.89 bits per heavy atom. The average Bonchev–Trinajstić information content (AvgIpc) is 2.35. The Morgan fingerprint density at radius 1 is 1.39 bits per heavy atom. The molecule has 0 saturated heterocycles. The zero-order valence-corrected chi connectivity index (χ0v) is 10.6. The van der Waals surface area contributed by atoms with Crippen molar-refractivity contribution in [1.82, 2.24) is 0 Å². The number of hydrogen-bond acceptors (Lipinski definition) is 4. The lowest BCUT2D eigenvalue weighted by Crippen LogP contribution is -2.14. The molecule has 0 saturated carbocycles. The fourth-order valence-electron chi connectivity index (χ4n) is 1.50. The van der Waals surface area contributed by atoms with Gasteiger partial charge in [0.05, 0.1) is 18.0 Å². The Morgan fingerprint density at radius 2 is 2.17 bits per heavy atom. The maximum absolute atomic E-state index is 11.4. The van der Waals surface area contributed by atoms with Gasteiger partial charge in [0, 0.05) is 0 Å². The number of hydrogen-bond donors (Lipinski definition) is 3. The normalized spacial score (nSPS) is 10.1. The van der Waals surface area contributed by atoms with E-state index in [1.807, 2.05) is 0 Å². The van der Waals surface area contributed by atoms with Crippen molar-refractivity contribution in [3.63, 3.8) is 0 Å². The van der Waals surface area contributed by atoms with Gasteiger partial charge in [-0.05, 0) is 18.6 Å². The molecule has 5 heteroatoms. The summed E-state index contributed by atoms with van der Waals surface area (Å²) in [6, 6.07) is 4.76. The van der Waals surface area contributed by atoms with Gasteiger partial charge in [-0.15, -0.1) is 0 Å². The van der Waals surface area contributed by atoms with E-state index in [0.717, 1.165) is 25.7 Å². The van der Waals surface area contributed by atoms with Gasteiger partial charge in [-0.25, -0.2) is 4.79 Å². The largest absolute Gasteiger partial charge is 0.504 e. The van der Waals surface area contributed by atoms with Crippen LogP contribution >= 0.6 is 0 Å². The monoisotopic (exact) mass is 252 g/mol. The SMILES string of the molecule is CCCCCCOC(=O)Nc1cccc(N)c1O. The van der Waals surface area contributed by atoms with E-state index in [2.05, 4.69) is 12.2 Å². The second-order valence-corrected chi connectivity index (χ2v) is 4.06. The van der Waals surface area contributed by atoms with E-state index in [1.54, 1.807) is 18.2 Å². The van der Waals surface area contributed by atoms with Crippen molar-refractivity contribution in [2.75, 3.05) is 17.7 Å². The highest BCUT2D eigenvalue weighted by atomic mass is 16.5. The molecule has 0 heterocycles. The number of anilines is 2. The Balaban J connectivity index is 2.34. The quantitative estimate of drug-likeness (QED) is 0.412. The standard InChI is InChI=1S/C13H20N2O3/c1-2-3-4-5-9-18-13(17)15-11-8-6-7-10(14)12(11)16/h6-8,16H,2-5,9,14H2,1H3,(H,15,17). The van der Waals surface area contributed by atoms with E-state index in [-0.39, 0.29) is 17.1 Å². The number of phenolic OH excluding ortho intramolecular Hbond substituents is 1. The summed E-state index contributed by atoms with van der Waals surface area (Å²) in [6.07, 6.45) is 3.61. The zero-order chi connectivity index (χ0) is 13.4. The van der Waals surface area contributed by atoms with Crippen molar-refractivity contribution in [1.29, 1.82) is 0 Å². The molecule has 0 fully saturated rings. The fraction of sp³-hybridized carbons (Fsp3) is 0.462. The Labute approximate surface area is 107 Å². The van der Waals surface area contributed by atoms with Crippen molar-refractivity contribution in [2.24, 2.45) is 0 Å². The van der Waals surface area contributed by atoms with Gasteiger partial charge < -0.3 is 15.6 Å². The first-order valence-electron chi connectivity index (χ1n) is 6.16. The lowest BCUT2D eigenvalue weighted by atomic mass is 10.2. The highest BCUT2D eigenvalue weighted by Crippen LogP contribution is 2.29. The highest BCUT2D eigenvalue weighted by molar-refractivity contribution is 5.88. The van der Waals surface area contributed by atoms with Crippen molar-refractivity contribution in [3.05, 3.63) is 18.2 Å². The van der Waals surface area contributed by atoms with Crippen LogP contribution in [0.2, 0.25) is 0 Å². The number of benzene rings is 1. The van der Waals surface area contributed by atoms with Crippen LogP contribution in [0.25, 0.3) is 0 Å². The molecule has 0 unspecified atom stereocenters. The van der Waals surface area contributed by atoms with Gasteiger partial charge in [-0.3, -0.25) is 5.32 Å². The van der Waals surface area contributed by atoms with E-state index in [4.69, 9.17) is 10.5 Å². The van der Waals surface area contributed by atoms with Gasteiger partial charge in [-0.1, -0.05) is 32.3 Å². The topological polar surface area (TPSA) is 84.6 Å². The third kappa shape index (κ3) is 4.53. The summed E-state index contributed by atoms with van der Waals surface area (Å²) in [6.45, 7) is 2.51. The smallest absolute Gasteiger partial charge is 0.411 e. The van der Waals surface area contributed by atoms with Crippen molar-refractivity contribution < 1.29 is 14.6 Å². The summed E-state index contributed by atoms with van der Waals surface area (Å²) in [7, 11) is 0. The molecule has 0 aliphatic carbocycles. The first-order chi connectivity index (χ1) is 8.65. The van der Waals surface area contributed by atoms with Crippen LogP contribution in [0.4, 0.5) is 16.2 Å².